The summed E-state index contributed by atoms with van der Waals surface area (Å²) in [5.41, 5.74) is -0.465. The predicted octanol–water partition coefficient (Wildman–Crippen LogP) is 2.49. The van der Waals surface area contributed by atoms with Gasteiger partial charge in [0.15, 0.2) is 4.90 Å². The third kappa shape index (κ3) is 3.78. The van der Waals surface area contributed by atoms with Crippen molar-refractivity contribution in [3.05, 3.63) is 34.4 Å². The molecule has 0 radical (unpaired) electrons. The van der Waals surface area contributed by atoms with Crippen LogP contribution in [-0.4, -0.2) is 19.9 Å². The minimum Gasteiger partial charge on any atom is -0.266 e. The van der Waals surface area contributed by atoms with Gasteiger partial charge in [0.25, 0.3) is 5.69 Å². The van der Waals surface area contributed by atoms with Gasteiger partial charge in [-0.25, -0.2) is 0 Å². The lowest BCUT2D eigenvalue weighted by Crippen LogP contribution is -2.09. The van der Waals surface area contributed by atoms with Crippen LogP contribution in [0, 0.1) is 10.1 Å². The van der Waals surface area contributed by atoms with Crippen LogP contribution in [0.1, 0.15) is 26.2 Å². The molecule has 0 heterocycles. The summed E-state index contributed by atoms with van der Waals surface area (Å²) in [6, 6.07) is 5.15. The molecule has 0 atom stereocenters. The second kappa shape index (κ2) is 6.46. The Morgan fingerprint density at radius 3 is 2.56 bits per heavy atom. The molecule has 0 saturated carbocycles. The van der Waals surface area contributed by atoms with Crippen LogP contribution in [0.5, 0.6) is 0 Å². The molecule has 18 heavy (non-hydrogen) atoms. The van der Waals surface area contributed by atoms with Gasteiger partial charge in [0.1, 0.15) is 0 Å². The number of unbranched alkanes of at least 4 members (excludes halogenated alkanes) is 2. The second-order valence-corrected chi connectivity index (χ2v) is 5.29. The van der Waals surface area contributed by atoms with Crippen molar-refractivity contribution < 1.29 is 17.5 Å². The molecule has 0 saturated heterocycles. The molecule has 7 heteroatoms. The lowest BCUT2D eigenvalue weighted by Gasteiger charge is -2.05. The summed E-state index contributed by atoms with van der Waals surface area (Å²) in [6.45, 7) is 2.03. The van der Waals surface area contributed by atoms with Gasteiger partial charge in [0.2, 0.25) is 0 Å². The van der Waals surface area contributed by atoms with Gasteiger partial charge in [-0.3, -0.25) is 14.3 Å². The fourth-order valence-corrected chi connectivity index (χ4v) is 2.51. The van der Waals surface area contributed by atoms with Crippen LogP contribution in [0.25, 0.3) is 0 Å². The highest BCUT2D eigenvalue weighted by Crippen LogP contribution is 2.24. The van der Waals surface area contributed by atoms with E-state index in [1.165, 1.54) is 18.2 Å². The van der Waals surface area contributed by atoms with Crippen LogP contribution in [0.4, 0.5) is 5.69 Å². The fourth-order valence-electron chi connectivity index (χ4n) is 1.40. The summed E-state index contributed by atoms with van der Waals surface area (Å²) < 4.78 is 28.4. The van der Waals surface area contributed by atoms with Gasteiger partial charge >= 0.3 is 10.1 Å². The Labute approximate surface area is 106 Å². The molecule has 0 aliphatic carbocycles. The standard InChI is InChI=1S/C11H15NO5S/c1-2-3-6-9-17-18(15,16)11-8-5-4-7-10(11)12(13)14/h4-5,7-8H,2-3,6,9H2,1H3. The summed E-state index contributed by atoms with van der Waals surface area (Å²) in [6.07, 6.45) is 2.40. The largest absolute Gasteiger partial charge is 0.303 e. The van der Waals surface area contributed by atoms with Gasteiger partial charge in [-0.15, -0.1) is 0 Å². The topological polar surface area (TPSA) is 86.5 Å². The number of hydrogen-bond acceptors (Lipinski definition) is 5. The average Bonchev–Trinajstić information content (AvgIpc) is 2.35. The zero-order valence-corrected chi connectivity index (χ0v) is 10.9. The van der Waals surface area contributed by atoms with E-state index in [-0.39, 0.29) is 6.61 Å². The highest BCUT2D eigenvalue weighted by atomic mass is 32.2. The maximum atomic E-state index is 11.8. The van der Waals surface area contributed by atoms with E-state index >= 15 is 0 Å². The number of nitro benzene ring substituents is 1. The molecule has 0 aromatic heterocycles. The van der Waals surface area contributed by atoms with E-state index in [9.17, 15) is 18.5 Å². The Morgan fingerprint density at radius 1 is 1.28 bits per heavy atom. The van der Waals surface area contributed by atoms with Gasteiger partial charge in [0, 0.05) is 6.07 Å². The summed E-state index contributed by atoms with van der Waals surface area (Å²) >= 11 is 0. The molecule has 0 bridgehead atoms. The predicted molar refractivity (Wildman–Crippen MR) is 65.8 cm³/mol. The summed E-state index contributed by atoms with van der Waals surface area (Å²) in [5.74, 6) is 0. The van der Waals surface area contributed by atoms with Gasteiger partial charge in [-0.2, -0.15) is 8.42 Å². The molecule has 1 rings (SSSR count). The number of hydrogen-bond donors (Lipinski definition) is 0. The lowest BCUT2D eigenvalue weighted by atomic mass is 10.3. The van der Waals surface area contributed by atoms with Gasteiger partial charge in [-0.1, -0.05) is 31.9 Å². The van der Waals surface area contributed by atoms with Crippen molar-refractivity contribution in [1.29, 1.82) is 0 Å². The van der Waals surface area contributed by atoms with Crippen molar-refractivity contribution in [3.8, 4) is 0 Å². The minimum absolute atomic E-state index is 0.0439. The zero-order valence-electron chi connectivity index (χ0n) is 10.0. The summed E-state index contributed by atoms with van der Waals surface area (Å²) in [4.78, 5) is 9.60. The Bertz CT molecular complexity index is 512. The van der Waals surface area contributed by atoms with E-state index in [4.69, 9.17) is 4.18 Å². The van der Waals surface area contributed by atoms with Crippen molar-refractivity contribution >= 4 is 15.8 Å². The number of rotatable bonds is 7. The molecular weight excluding hydrogens is 258 g/mol. The molecule has 0 unspecified atom stereocenters. The van der Waals surface area contributed by atoms with Crippen LogP contribution in [0.3, 0.4) is 0 Å². The molecular formula is C11H15NO5S. The van der Waals surface area contributed by atoms with E-state index in [0.717, 1.165) is 18.9 Å². The summed E-state index contributed by atoms with van der Waals surface area (Å²) in [5, 5.41) is 10.7. The van der Waals surface area contributed by atoms with Gasteiger partial charge < -0.3 is 0 Å². The molecule has 0 amide bonds. The van der Waals surface area contributed by atoms with Crippen molar-refractivity contribution in [2.45, 2.75) is 31.1 Å². The van der Waals surface area contributed by atoms with Crippen molar-refractivity contribution in [2.75, 3.05) is 6.61 Å². The fraction of sp³-hybridized carbons (Fsp3) is 0.455. The van der Waals surface area contributed by atoms with Crippen LogP contribution in [0.2, 0.25) is 0 Å². The minimum atomic E-state index is -4.06. The molecule has 0 N–H and O–H groups in total. The lowest BCUT2D eigenvalue weighted by molar-refractivity contribution is -0.387. The van der Waals surface area contributed by atoms with Crippen LogP contribution in [-0.2, 0) is 14.3 Å². The number of nitro groups is 1. The third-order valence-corrected chi connectivity index (χ3v) is 3.68. The molecule has 6 nitrogen and oxygen atoms in total. The molecule has 0 aliphatic rings. The molecule has 0 aliphatic heterocycles. The van der Waals surface area contributed by atoms with E-state index in [1.807, 2.05) is 6.92 Å². The van der Waals surface area contributed by atoms with Crippen molar-refractivity contribution in [2.24, 2.45) is 0 Å². The second-order valence-electron chi connectivity index (χ2n) is 3.71. The van der Waals surface area contributed by atoms with E-state index in [1.54, 1.807) is 0 Å². The number of benzene rings is 1. The van der Waals surface area contributed by atoms with Crippen LogP contribution < -0.4 is 0 Å². The average molecular weight is 273 g/mol. The number of nitrogens with zero attached hydrogens (tertiary/aromatic N) is 1. The van der Waals surface area contributed by atoms with Crippen LogP contribution >= 0.6 is 0 Å². The third-order valence-electron chi connectivity index (χ3n) is 2.32. The summed E-state index contributed by atoms with van der Waals surface area (Å²) in [7, 11) is -4.06. The first-order chi connectivity index (χ1) is 8.49. The zero-order chi connectivity index (χ0) is 13.6. The van der Waals surface area contributed by atoms with E-state index in [0.29, 0.717) is 6.42 Å². The molecule has 100 valence electrons. The molecule has 0 fully saturated rings. The Balaban J connectivity index is 2.88. The number of para-hydroxylation sites is 1. The monoisotopic (exact) mass is 273 g/mol. The van der Waals surface area contributed by atoms with Crippen molar-refractivity contribution in [1.82, 2.24) is 0 Å². The van der Waals surface area contributed by atoms with Crippen molar-refractivity contribution in [3.63, 3.8) is 0 Å². The van der Waals surface area contributed by atoms with E-state index in [2.05, 4.69) is 0 Å². The van der Waals surface area contributed by atoms with Gasteiger partial charge in [-0.05, 0) is 12.5 Å². The maximum absolute atomic E-state index is 11.8. The molecule has 0 spiro atoms. The first kappa shape index (κ1) is 14.6. The highest BCUT2D eigenvalue weighted by Gasteiger charge is 2.25. The Morgan fingerprint density at radius 2 is 1.94 bits per heavy atom. The SMILES string of the molecule is CCCCCOS(=O)(=O)c1ccccc1[N+](=O)[O-]. The normalized spacial score (nSPS) is 11.4. The first-order valence-corrected chi connectivity index (χ1v) is 7.02. The molecule has 1 aromatic carbocycles. The quantitative estimate of drug-likeness (QED) is 0.329. The Kier molecular flexibility index (Phi) is 5.24. The highest BCUT2D eigenvalue weighted by molar-refractivity contribution is 7.87. The smallest absolute Gasteiger partial charge is 0.266 e. The molecule has 1 aromatic rings. The van der Waals surface area contributed by atoms with Gasteiger partial charge in [0.05, 0.1) is 11.5 Å². The maximum Gasteiger partial charge on any atom is 0.303 e. The first-order valence-electron chi connectivity index (χ1n) is 5.62. The van der Waals surface area contributed by atoms with E-state index < -0.39 is 25.6 Å². The Hall–Kier alpha value is -1.47. The van der Waals surface area contributed by atoms with Crippen LogP contribution in [0.15, 0.2) is 29.2 Å².